The van der Waals surface area contributed by atoms with Gasteiger partial charge >= 0.3 is 0 Å². The molecule has 1 aromatic rings. The van der Waals surface area contributed by atoms with Gasteiger partial charge in [0.25, 0.3) is 5.91 Å². The van der Waals surface area contributed by atoms with Crippen molar-refractivity contribution in [1.82, 2.24) is 5.32 Å². The second kappa shape index (κ2) is 6.14. The van der Waals surface area contributed by atoms with Crippen LogP contribution in [0.1, 0.15) is 28.8 Å². The standard InChI is InChI=1S/C14H19NO2S/c1-10-12(3-2-4-13(10)16)14(17)15-9-11-5-7-18-8-6-11/h2-4,11,16H,5-9H2,1H3,(H,15,17). The topological polar surface area (TPSA) is 49.3 Å². The summed E-state index contributed by atoms with van der Waals surface area (Å²) in [6.07, 6.45) is 2.37. The molecule has 0 saturated carbocycles. The highest BCUT2D eigenvalue weighted by atomic mass is 32.2. The number of hydrogen-bond donors (Lipinski definition) is 2. The highest BCUT2D eigenvalue weighted by Crippen LogP contribution is 2.22. The Balaban J connectivity index is 1.93. The van der Waals surface area contributed by atoms with Crippen LogP contribution in [0, 0.1) is 12.8 Å². The maximum atomic E-state index is 12.0. The molecule has 1 aliphatic rings. The molecule has 0 unspecified atom stereocenters. The molecule has 0 aromatic heterocycles. The monoisotopic (exact) mass is 265 g/mol. The second-order valence-electron chi connectivity index (χ2n) is 4.72. The van der Waals surface area contributed by atoms with E-state index in [1.54, 1.807) is 25.1 Å². The molecule has 0 bridgehead atoms. The van der Waals surface area contributed by atoms with Crippen molar-refractivity contribution < 1.29 is 9.90 Å². The summed E-state index contributed by atoms with van der Waals surface area (Å²) < 4.78 is 0. The highest BCUT2D eigenvalue weighted by molar-refractivity contribution is 7.99. The van der Waals surface area contributed by atoms with E-state index >= 15 is 0 Å². The number of thioether (sulfide) groups is 1. The van der Waals surface area contributed by atoms with Gasteiger partial charge in [0.2, 0.25) is 0 Å². The lowest BCUT2D eigenvalue weighted by atomic mass is 10.0. The van der Waals surface area contributed by atoms with Crippen molar-refractivity contribution in [3.8, 4) is 5.75 Å². The lowest BCUT2D eigenvalue weighted by Crippen LogP contribution is -2.31. The van der Waals surface area contributed by atoms with Crippen LogP contribution >= 0.6 is 11.8 Å². The van der Waals surface area contributed by atoms with E-state index < -0.39 is 0 Å². The lowest BCUT2D eigenvalue weighted by Gasteiger charge is -2.21. The molecule has 1 aliphatic heterocycles. The molecule has 4 heteroatoms. The van der Waals surface area contributed by atoms with E-state index in [0.29, 0.717) is 17.0 Å². The molecule has 1 saturated heterocycles. The van der Waals surface area contributed by atoms with Crippen LogP contribution in [0.25, 0.3) is 0 Å². The maximum absolute atomic E-state index is 12.0. The fourth-order valence-corrected chi connectivity index (χ4v) is 3.36. The Morgan fingerprint density at radius 1 is 1.44 bits per heavy atom. The SMILES string of the molecule is Cc1c(O)cccc1C(=O)NCC1CCSCC1. The third-order valence-corrected chi connectivity index (χ3v) is 4.49. The van der Waals surface area contributed by atoms with Crippen LogP contribution in [0.3, 0.4) is 0 Å². The molecule has 0 radical (unpaired) electrons. The summed E-state index contributed by atoms with van der Waals surface area (Å²) in [5.74, 6) is 3.10. The number of hydrogen-bond acceptors (Lipinski definition) is 3. The molecule has 18 heavy (non-hydrogen) atoms. The fourth-order valence-electron chi connectivity index (χ4n) is 2.15. The molecule has 1 heterocycles. The Labute approximate surface area is 112 Å². The van der Waals surface area contributed by atoms with Gasteiger partial charge in [-0.3, -0.25) is 4.79 Å². The summed E-state index contributed by atoms with van der Waals surface area (Å²) in [6, 6.07) is 5.06. The predicted molar refractivity (Wildman–Crippen MR) is 75.2 cm³/mol. The number of nitrogens with one attached hydrogen (secondary N) is 1. The Kier molecular flexibility index (Phi) is 4.53. The summed E-state index contributed by atoms with van der Waals surface area (Å²) in [4.78, 5) is 12.0. The maximum Gasteiger partial charge on any atom is 0.251 e. The first-order chi connectivity index (χ1) is 8.68. The molecule has 0 atom stereocenters. The van der Waals surface area contributed by atoms with E-state index in [0.717, 1.165) is 6.54 Å². The van der Waals surface area contributed by atoms with Crippen LogP contribution in [0.2, 0.25) is 0 Å². The number of benzene rings is 1. The molecule has 2 rings (SSSR count). The highest BCUT2D eigenvalue weighted by Gasteiger charge is 2.16. The zero-order valence-corrected chi connectivity index (χ0v) is 11.4. The van der Waals surface area contributed by atoms with Crippen molar-refractivity contribution in [1.29, 1.82) is 0 Å². The largest absolute Gasteiger partial charge is 0.508 e. The van der Waals surface area contributed by atoms with Gasteiger partial charge in [0, 0.05) is 17.7 Å². The summed E-state index contributed by atoms with van der Waals surface area (Å²) in [5.41, 5.74) is 1.22. The quantitative estimate of drug-likeness (QED) is 0.883. The molecule has 1 amide bonds. The van der Waals surface area contributed by atoms with E-state index in [1.807, 2.05) is 11.8 Å². The minimum absolute atomic E-state index is 0.0818. The van der Waals surface area contributed by atoms with E-state index in [-0.39, 0.29) is 11.7 Å². The van der Waals surface area contributed by atoms with Crippen LogP contribution in [0.5, 0.6) is 5.75 Å². The normalized spacial score (nSPS) is 16.5. The lowest BCUT2D eigenvalue weighted by molar-refractivity contribution is 0.0945. The smallest absolute Gasteiger partial charge is 0.251 e. The van der Waals surface area contributed by atoms with Crippen LogP contribution < -0.4 is 5.32 Å². The molecule has 1 aromatic carbocycles. The van der Waals surface area contributed by atoms with Crippen LogP contribution in [-0.2, 0) is 0 Å². The van der Waals surface area contributed by atoms with Gasteiger partial charge in [-0.25, -0.2) is 0 Å². The van der Waals surface area contributed by atoms with Crippen molar-refractivity contribution in [2.45, 2.75) is 19.8 Å². The van der Waals surface area contributed by atoms with Gasteiger partial charge in [-0.1, -0.05) is 6.07 Å². The summed E-state index contributed by atoms with van der Waals surface area (Å²) in [5, 5.41) is 12.6. The summed E-state index contributed by atoms with van der Waals surface area (Å²) in [6.45, 7) is 2.51. The van der Waals surface area contributed by atoms with Gasteiger partial charge in [-0.2, -0.15) is 11.8 Å². The van der Waals surface area contributed by atoms with E-state index in [9.17, 15) is 9.90 Å². The van der Waals surface area contributed by atoms with Crippen LogP contribution in [-0.4, -0.2) is 29.1 Å². The first-order valence-electron chi connectivity index (χ1n) is 6.33. The van der Waals surface area contributed by atoms with Gasteiger partial charge < -0.3 is 10.4 Å². The predicted octanol–water partition coefficient (Wildman–Crippen LogP) is 2.57. The van der Waals surface area contributed by atoms with Crippen molar-refractivity contribution >= 4 is 17.7 Å². The molecular weight excluding hydrogens is 246 g/mol. The van der Waals surface area contributed by atoms with Crippen LogP contribution in [0.15, 0.2) is 18.2 Å². The first-order valence-corrected chi connectivity index (χ1v) is 7.48. The molecule has 98 valence electrons. The van der Waals surface area contributed by atoms with Crippen molar-refractivity contribution in [2.75, 3.05) is 18.1 Å². The van der Waals surface area contributed by atoms with E-state index in [1.165, 1.54) is 24.3 Å². The number of phenolic OH excluding ortho intramolecular Hbond substituents is 1. The minimum atomic E-state index is -0.0818. The van der Waals surface area contributed by atoms with E-state index in [2.05, 4.69) is 5.32 Å². The zero-order valence-electron chi connectivity index (χ0n) is 10.6. The fraction of sp³-hybridized carbons (Fsp3) is 0.500. The van der Waals surface area contributed by atoms with Crippen LogP contribution in [0.4, 0.5) is 0 Å². The Bertz CT molecular complexity index is 428. The van der Waals surface area contributed by atoms with Crippen molar-refractivity contribution in [3.05, 3.63) is 29.3 Å². The minimum Gasteiger partial charge on any atom is -0.508 e. The number of phenols is 1. The third-order valence-electron chi connectivity index (χ3n) is 3.44. The molecule has 1 fully saturated rings. The Morgan fingerprint density at radius 3 is 2.89 bits per heavy atom. The summed E-state index contributed by atoms with van der Waals surface area (Å²) >= 11 is 1.99. The number of aromatic hydroxyl groups is 1. The van der Waals surface area contributed by atoms with Gasteiger partial charge in [0.05, 0.1) is 0 Å². The number of carbonyl (C=O) groups excluding carboxylic acids is 1. The average molecular weight is 265 g/mol. The number of amides is 1. The van der Waals surface area contributed by atoms with Crippen molar-refractivity contribution in [2.24, 2.45) is 5.92 Å². The number of carbonyl (C=O) groups is 1. The van der Waals surface area contributed by atoms with Gasteiger partial charge in [-0.05, 0) is 49.3 Å². The molecule has 3 nitrogen and oxygen atoms in total. The molecule has 0 spiro atoms. The summed E-state index contributed by atoms with van der Waals surface area (Å²) in [7, 11) is 0. The van der Waals surface area contributed by atoms with Crippen molar-refractivity contribution in [3.63, 3.8) is 0 Å². The zero-order chi connectivity index (χ0) is 13.0. The average Bonchev–Trinajstić information content (AvgIpc) is 2.40. The van der Waals surface area contributed by atoms with Gasteiger partial charge in [0.15, 0.2) is 0 Å². The first kappa shape index (κ1) is 13.3. The second-order valence-corrected chi connectivity index (χ2v) is 5.94. The number of rotatable bonds is 3. The Morgan fingerprint density at radius 2 is 2.17 bits per heavy atom. The van der Waals surface area contributed by atoms with Gasteiger partial charge in [0.1, 0.15) is 5.75 Å². The Hall–Kier alpha value is -1.16. The van der Waals surface area contributed by atoms with E-state index in [4.69, 9.17) is 0 Å². The molecule has 2 N–H and O–H groups in total. The van der Waals surface area contributed by atoms with Gasteiger partial charge in [-0.15, -0.1) is 0 Å². The third kappa shape index (κ3) is 3.19. The molecule has 0 aliphatic carbocycles. The molecular formula is C14H19NO2S.